The first-order chi connectivity index (χ1) is 13.9. The number of amides is 1. The molecule has 0 saturated heterocycles. The van der Waals surface area contributed by atoms with Crippen molar-refractivity contribution in [3.8, 4) is 17.2 Å². The molecular formula is C19H18N2O8. The standard InChI is InChI=1S/C19H18N2O8/c1-12(19(23)20-13-2-7-16-17(10-13)27-9-8-26-16)29-18(22)11-28-15-5-3-14(4-6-15)21(24)25/h2-7,10,12H,8-9,11H2,1H3,(H,20,23)/t12-/m0/s1. The fourth-order valence-corrected chi connectivity index (χ4v) is 2.46. The second kappa shape index (κ2) is 8.91. The Bertz CT molecular complexity index is 913. The number of carbonyl (C=O) groups excluding carboxylic acids is 2. The molecular weight excluding hydrogens is 384 g/mol. The molecule has 1 heterocycles. The summed E-state index contributed by atoms with van der Waals surface area (Å²) in [6.07, 6.45) is -1.06. The molecule has 1 aliphatic rings. The molecule has 0 saturated carbocycles. The van der Waals surface area contributed by atoms with Crippen molar-refractivity contribution in [3.63, 3.8) is 0 Å². The van der Waals surface area contributed by atoms with Crippen molar-refractivity contribution in [1.29, 1.82) is 0 Å². The lowest BCUT2D eigenvalue weighted by molar-refractivity contribution is -0.384. The maximum absolute atomic E-state index is 12.2. The van der Waals surface area contributed by atoms with E-state index in [1.807, 2.05) is 0 Å². The zero-order valence-electron chi connectivity index (χ0n) is 15.5. The quantitative estimate of drug-likeness (QED) is 0.425. The van der Waals surface area contributed by atoms with E-state index in [1.165, 1.54) is 31.2 Å². The minimum absolute atomic E-state index is 0.0932. The van der Waals surface area contributed by atoms with Gasteiger partial charge in [-0.25, -0.2) is 4.79 Å². The molecule has 1 aliphatic heterocycles. The van der Waals surface area contributed by atoms with E-state index in [2.05, 4.69) is 5.32 Å². The predicted molar refractivity (Wildman–Crippen MR) is 100 cm³/mol. The zero-order chi connectivity index (χ0) is 20.8. The molecule has 1 N–H and O–H groups in total. The van der Waals surface area contributed by atoms with Gasteiger partial charge in [0.2, 0.25) is 0 Å². The fraction of sp³-hybridized carbons (Fsp3) is 0.263. The van der Waals surface area contributed by atoms with Crippen LogP contribution in [0.5, 0.6) is 17.2 Å². The Kier molecular flexibility index (Phi) is 6.12. The Balaban J connectivity index is 1.47. The molecule has 10 nitrogen and oxygen atoms in total. The molecule has 29 heavy (non-hydrogen) atoms. The number of anilines is 1. The lowest BCUT2D eigenvalue weighted by Gasteiger charge is -2.19. The number of non-ortho nitro benzene ring substituents is 1. The van der Waals surface area contributed by atoms with Gasteiger partial charge in [0.25, 0.3) is 11.6 Å². The number of fused-ring (bicyclic) bond motifs is 1. The predicted octanol–water partition coefficient (Wildman–Crippen LogP) is 2.32. The van der Waals surface area contributed by atoms with Gasteiger partial charge in [0.15, 0.2) is 24.2 Å². The van der Waals surface area contributed by atoms with E-state index in [0.717, 1.165) is 0 Å². The lowest BCUT2D eigenvalue weighted by Crippen LogP contribution is -2.31. The highest BCUT2D eigenvalue weighted by Crippen LogP contribution is 2.32. The van der Waals surface area contributed by atoms with Crippen LogP contribution in [0.4, 0.5) is 11.4 Å². The Hall–Kier alpha value is -3.82. The Morgan fingerprint density at radius 3 is 2.52 bits per heavy atom. The Labute approximate surface area is 165 Å². The summed E-state index contributed by atoms with van der Waals surface area (Å²) in [7, 11) is 0. The topological polar surface area (TPSA) is 126 Å². The highest BCUT2D eigenvalue weighted by Gasteiger charge is 2.20. The van der Waals surface area contributed by atoms with Crippen molar-refractivity contribution < 1.29 is 33.5 Å². The van der Waals surface area contributed by atoms with Crippen LogP contribution in [0.1, 0.15) is 6.92 Å². The van der Waals surface area contributed by atoms with Crippen LogP contribution < -0.4 is 19.5 Å². The molecule has 1 amide bonds. The van der Waals surface area contributed by atoms with Crippen molar-refractivity contribution in [2.24, 2.45) is 0 Å². The van der Waals surface area contributed by atoms with Crippen molar-refractivity contribution >= 4 is 23.3 Å². The highest BCUT2D eigenvalue weighted by molar-refractivity contribution is 5.95. The second-order valence-corrected chi connectivity index (χ2v) is 6.02. The van der Waals surface area contributed by atoms with E-state index in [0.29, 0.717) is 30.4 Å². The third-order valence-electron chi connectivity index (χ3n) is 3.89. The minimum Gasteiger partial charge on any atom is -0.486 e. The molecule has 2 aromatic carbocycles. The van der Waals surface area contributed by atoms with E-state index < -0.39 is 29.5 Å². The summed E-state index contributed by atoms with van der Waals surface area (Å²) in [4.78, 5) is 34.2. The van der Waals surface area contributed by atoms with Gasteiger partial charge < -0.3 is 24.3 Å². The van der Waals surface area contributed by atoms with Gasteiger partial charge in [-0.3, -0.25) is 14.9 Å². The number of benzene rings is 2. The molecule has 0 spiro atoms. The molecule has 0 aliphatic carbocycles. The number of ether oxygens (including phenoxy) is 4. The SMILES string of the molecule is C[C@H](OC(=O)COc1ccc([N+](=O)[O-])cc1)C(=O)Nc1ccc2c(c1)OCCO2. The number of nitrogens with one attached hydrogen (secondary N) is 1. The maximum atomic E-state index is 12.2. The number of hydrogen-bond donors (Lipinski definition) is 1. The molecule has 0 fully saturated rings. The van der Waals surface area contributed by atoms with Gasteiger partial charge in [-0.15, -0.1) is 0 Å². The molecule has 152 valence electrons. The van der Waals surface area contributed by atoms with Gasteiger partial charge in [-0.2, -0.15) is 0 Å². The summed E-state index contributed by atoms with van der Waals surface area (Å²) in [6, 6.07) is 10.2. The molecule has 0 radical (unpaired) electrons. The van der Waals surface area contributed by atoms with E-state index in [1.54, 1.807) is 18.2 Å². The molecule has 10 heteroatoms. The number of carbonyl (C=O) groups is 2. The molecule has 0 aromatic heterocycles. The smallest absolute Gasteiger partial charge is 0.344 e. The first kappa shape index (κ1) is 19.9. The van der Waals surface area contributed by atoms with Crippen LogP contribution in [0.15, 0.2) is 42.5 Å². The summed E-state index contributed by atoms with van der Waals surface area (Å²) in [5.41, 5.74) is 0.383. The number of nitro groups is 1. The number of nitrogens with zero attached hydrogens (tertiary/aromatic N) is 1. The second-order valence-electron chi connectivity index (χ2n) is 6.02. The molecule has 1 atom stereocenters. The first-order valence-electron chi connectivity index (χ1n) is 8.69. The van der Waals surface area contributed by atoms with Gasteiger partial charge >= 0.3 is 5.97 Å². The number of esters is 1. The van der Waals surface area contributed by atoms with E-state index >= 15 is 0 Å². The van der Waals surface area contributed by atoms with Crippen molar-refractivity contribution in [1.82, 2.24) is 0 Å². The Morgan fingerprint density at radius 1 is 1.14 bits per heavy atom. The van der Waals surface area contributed by atoms with Gasteiger partial charge in [0.05, 0.1) is 4.92 Å². The van der Waals surface area contributed by atoms with Crippen LogP contribution in [-0.4, -0.2) is 42.7 Å². The number of hydrogen-bond acceptors (Lipinski definition) is 8. The van der Waals surface area contributed by atoms with Crippen LogP contribution in [-0.2, 0) is 14.3 Å². The van der Waals surface area contributed by atoms with Gasteiger partial charge in [-0.05, 0) is 31.2 Å². The van der Waals surface area contributed by atoms with Gasteiger partial charge in [-0.1, -0.05) is 0 Å². The van der Waals surface area contributed by atoms with Crippen LogP contribution >= 0.6 is 0 Å². The average Bonchev–Trinajstić information content (AvgIpc) is 2.72. The zero-order valence-corrected chi connectivity index (χ0v) is 15.5. The summed E-state index contributed by atoms with van der Waals surface area (Å²) in [6.45, 7) is 1.87. The molecule has 0 bridgehead atoms. The summed E-state index contributed by atoms with van der Waals surface area (Å²) < 4.78 is 21.1. The van der Waals surface area contributed by atoms with E-state index in [4.69, 9.17) is 18.9 Å². The van der Waals surface area contributed by atoms with Crippen molar-refractivity contribution in [2.75, 3.05) is 25.1 Å². The maximum Gasteiger partial charge on any atom is 0.344 e. The van der Waals surface area contributed by atoms with Gasteiger partial charge in [0, 0.05) is 23.9 Å². The molecule has 0 unspecified atom stereocenters. The monoisotopic (exact) mass is 402 g/mol. The first-order valence-corrected chi connectivity index (χ1v) is 8.69. The fourth-order valence-electron chi connectivity index (χ4n) is 2.46. The average molecular weight is 402 g/mol. The third-order valence-corrected chi connectivity index (χ3v) is 3.89. The van der Waals surface area contributed by atoms with Crippen molar-refractivity contribution in [3.05, 3.63) is 52.6 Å². The summed E-state index contributed by atoms with van der Waals surface area (Å²) in [5.74, 6) is 0.104. The highest BCUT2D eigenvalue weighted by atomic mass is 16.6. The summed E-state index contributed by atoms with van der Waals surface area (Å²) in [5, 5.41) is 13.2. The molecule has 2 aromatic rings. The van der Waals surface area contributed by atoms with E-state index in [9.17, 15) is 19.7 Å². The van der Waals surface area contributed by atoms with Crippen LogP contribution in [0.25, 0.3) is 0 Å². The van der Waals surface area contributed by atoms with E-state index in [-0.39, 0.29) is 11.4 Å². The van der Waals surface area contributed by atoms with Gasteiger partial charge in [0.1, 0.15) is 19.0 Å². The summed E-state index contributed by atoms with van der Waals surface area (Å²) >= 11 is 0. The third kappa shape index (κ3) is 5.34. The number of rotatable bonds is 7. The molecule has 3 rings (SSSR count). The van der Waals surface area contributed by atoms with Crippen LogP contribution in [0.2, 0.25) is 0 Å². The number of nitro benzene ring substituents is 1. The largest absolute Gasteiger partial charge is 0.486 e. The van der Waals surface area contributed by atoms with Crippen LogP contribution in [0, 0.1) is 10.1 Å². The lowest BCUT2D eigenvalue weighted by atomic mass is 10.2. The normalized spacial score (nSPS) is 13.1. The Morgan fingerprint density at radius 2 is 1.83 bits per heavy atom. The minimum atomic E-state index is -1.06. The van der Waals surface area contributed by atoms with Crippen molar-refractivity contribution in [2.45, 2.75) is 13.0 Å². The van der Waals surface area contributed by atoms with Crippen LogP contribution in [0.3, 0.4) is 0 Å².